The van der Waals surface area contributed by atoms with Crippen molar-refractivity contribution in [1.82, 2.24) is 0 Å². The summed E-state index contributed by atoms with van der Waals surface area (Å²) in [6.45, 7) is 13.7. The molecule has 145 valence electrons. The minimum absolute atomic E-state index is 0.548. The van der Waals surface area contributed by atoms with Crippen LogP contribution < -0.4 is 15.6 Å². The van der Waals surface area contributed by atoms with E-state index in [9.17, 15) is 0 Å². The lowest BCUT2D eigenvalue weighted by Crippen LogP contribution is -2.52. The molecular formula is C27H33Si. The third-order valence-electron chi connectivity index (χ3n) is 5.53. The normalized spacial score (nSPS) is 11.8. The second kappa shape index (κ2) is 8.92. The largest absolute Gasteiger partial charge is 0.154 e. The summed E-state index contributed by atoms with van der Waals surface area (Å²) in [6, 6.07) is 27.9. The van der Waals surface area contributed by atoms with Crippen molar-refractivity contribution < 1.29 is 0 Å². The first-order chi connectivity index (χ1) is 13.4. The van der Waals surface area contributed by atoms with Crippen LogP contribution in [0.4, 0.5) is 0 Å². The maximum Gasteiger partial charge on any atom is 0.154 e. The Morgan fingerprint density at radius 3 is 1.00 bits per heavy atom. The van der Waals surface area contributed by atoms with Gasteiger partial charge < -0.3 is 0 Å². The van der Waals surface area contributed by atoms with Gasteiger partial charge in [0.1, 0.15) is 0 Å². The predicted molar refractivity (Wildman–Crippen MR) is 126 cm³/mol. The van der Waals surface area contributed by atoms with Crippen molar-refractivity contribution >= 4 is 24.4 Å². The van der Waals surface area contributed by atoms with E-state index in [1.807, 2.05) is 0 Å². The molecule has 3 aromatic rings. The van der Waals surface area contributed by atoms with Gasteiger partial charge in [-0.2, -0.15) is 0 Å². The molecule has 0 N–H and O–H groups in total. The zero-order valence-electron chi connectivity index (χ0n) is 18.2. The van der Waals surface area contributed by atoms with Crippen LogP contribution in [-0.2, 0) is 0 Å². The van der Waals surface area contributed by atoms with Gasteiger partial charge in [0.25, 0.3) is 0 Å². The van der Waals surface area contributed by atoms with E-state index in [2.05, 4.69) is 114 Å². The van der Waals surface area contributed by atoms with Crippen LogP contribution in [0.15, 0.2) is 72.8 Å². The fourth-order valence-electron chi connectivity index (χ4n) is 3.66. The summed E-state index contributed by atoms with van der Waals surface area (Å²) in [5.41, 5.74) is 4.29. The Balaban J connectivity index is 2.18. The van der Waals surface area contributed by atoms with Crippen LogP contribution in [0.3, 0.4) is 0 Å². The average Bonchev–Trinajstić information content (AvgIpc) is 2.69. The first-order valence-corrected chi connectivity index (χ1v) is 12.0. The highest BCUT2D eigenvalue weighted by Gasteiger charge is 2.21. The molecule has 0 aliphatic carbocycles. The summed E-state index contributed by atoms with van der Waals surface area (Å²) < 4.78 is 0. The van der Waals surface area contributed by atoms with Crippen molar-refractivity contribution in [3.05, 3.63) is 89.5 Å². The summed E-state index contributed by atoms with van der Waals surface area (Å²) in [4.78, 5) is 0. The molecule has 0 amide bonds. The van der Waals surface area contributed by atoms with Crippen LogP contribution in [0, 0.1) is 0 Å². The third-order valence-corrected chi connectivity index (χ3v) is 8.19. The Kier molecular flexibility index (Phi) is 6.56. The van der Waals surface area contributed by atoms with Crippen molar-refractivity contribution in [3.8, 4) is 0 Å². The first kappa shape index (κ1) is 20.6. The lowest BCUT2D eigenvalue weighted by molar-refractivity contribution is 0.867. The SMILES string of the molecule is CC(C)c1cccc([Si](c2cccc(C(C)C)c2)c2cccc(C(C)C)c2)c1. The van der Waals surface area contributed by atoms with Crippen molar-refractivity contribution in [2.75, 3.05) is 0 Å². The van der Waals surface area contributed by atoms with E-state index in [1.165, 1.54) is 32.3 Å². The van der Waals surface area contributed by atoms with Crippen molar-refractivity contribution in [2.24, 2.45) is 0 Å². The molecule has 1 heteroatoms. The summed E-state index contributed by atoms with van der Waals surface area (Å²) in [7, 11) is -1.04. The zero-order chi connectivity index (χ0) is 20.3. The van der Waals surface area contributed by atoms with Crippen LogP contribution in [0.2, 0.25) is 0 Å². The molecule has 3 rings (SSSR count). The standard InChI is InChI=1S/C27H33Si/c1-19(2)22-10-7-13-25(16-22)28(26-14-8-11-23(17-26)20(3)4)27-15-9-12-24(18-27)21(5)6/h7-21H,1-6H3. The van der Waals surface area contributed by atoms with Crippen LogP contribution in [0.25, 0.3) is 0 Å². The van der Waals surface area contributed by atoms with E-state index < -0.39 is 8.80 Å². The van der Waals surface area contributed by atoms with E-state index >= 15 is 0 Å². The van der Waals surface area contributed by atoms with Crippen LogP contribution in [0.1, 0.15) is 76.0 Å². The van der Waals surface area contributed by atoms with Gasteiger partial charge in [0.2, 0.25) is 0 Å². The number of hydrogen-bond acceptors (Lipinski definition) is 0. The van der Waals surface area contributed by atoms with Gasteiger partial charge in [0.05, 0.1) is 0 Å². The second-order valence-corrected chi connectivity index (χ2v) is 11.2. The van der Waals surface area contributed by atoms with Gasteiger partial charge in [-0.1, -0.05) is 130 Å². The van der Waals surface area contributed by atoms with Gasteiger partial charge >= 0.3 is 0 Å². The molecule has 0 atom stereocenters. The first-order valence-electron chi connectivity index (χ1n) is 10.5. The Labute approximate surface area is 173 Å². The van der Waals surface area contributed by atoms with Gasteiger partial charge in [-0.3, -0.25) is 0 Å². The molecule has 0 aliphatic heterocycles. The molecule has 0 saturated heterocycles. The minimum Gasteiger partial charge on any atom is -0.0624 e. The highest BCUT2D eigenvalue weighted by atomic mass is 28.3. The van der Waals surface area contributed by atoms with E-state index in [-0.39, 0.29) is 0 Å². The lowest BCUT2D eigenvalue weighted by atomic mass is 10.0. The summed E-state index contributed by atoms with van der Waals surface area (Å²) in [5.74, 6) is 1.64. The molecular weight excluding hydrogens is 352 g/mol. The van der Waals surface area contributed by atoms with E-state index in [1.54, 1.807) is 0 Å². The Bertz CT molecular complexity index is 798. The molecule has 0 aliphatic rings. The topological polar surface area (TPSA) is 0 Å². The molecule has 0 aromatic heterocycles. The fourth-order valence-corrected chi connectivity index (χ4v) is 6.38. The Hall–Kier alpha value is -2.12. The van der Waals surface area contributed by atoms with E-state index in [0.717, 1.165) is 0 Å². The van der Waals surface area contributed by atoms with Gasteiger partial charge in [0.15, 0.2) is 8.80 Å². The van der Waals surface area contributed by atoms with Gasteiger partial charge in [-0.05, 0) is 34.4 Å². The Morgan fingerprint density at radius 2 is 0.750 bits per heavy atom. The van der Waals surface area contributed by atoms with Crippen LogP contribution >= 0.6 is 0 Å². The minimum atomic E-state index is -1.04. The molecule has 0 nitrogen and oxygen atoms in total. The van der Waals surface area contributed by atoms with Gasteiger partial charge in [-0.15, -0.1) is 0 Å². The molecule has 0 heterocycles. The highest BCUT2D eigenvalue weighted by molar-refractivity contribution is 6.95. The maximum atomic E-state index is 2.45. The monoisotopic (exact) mass is 385 g/mol. The smallest absolute Gasteiger partial charge is 0.0624 e. The summed E-state index contributed by atoms with van der Waals surface area (Å²) in [5, 5.41) is 4.45. The van der Waals surface area contributed by atoms with E-state index in [0.29, 0.717) is 17.8 Å². The predicted octanol–water partition coefficient (Wildman–Crippen LogP) is 5.57. The quantitative estimate of drug-likeness (QED) is 0.384. The summed E-state index contributed by atoms with van der Waals surface area (Å²) in [6.07, 6.45) is 0. The second-order valence-electron chi connectivity index (χ2n) is 8.72. The van der Waals surface area contributed by atoms with Gasteiger partial charge in [0, 0.05) is 0 Å². The fraction of sp³-hybridized carbons (Fsp3) is 0.333. The van der Waals surface area contributed by atoms with Crippen LogP contribution in [0.5, 0.6) is 0 Å². The number of hydrogen-bond donors (Lipinski definition) is 0. The third kappa shape index (κ3) is 4.64. The molecule has 0 saturated carbocycles. The molecule has 0 fully saturated rings. The van der Waals surface area contributed by atoms with Crippen molar-refractivity contribution in [1.29, 1.82) is 0 Å². The Morgan fingerprint density at radius 1 is 0.464 bits per heavy atom. The molecule has 3 aromatic carbocycles. The number of benzene rings is 3. The average molecular weight is 386 g/mol. The highest BCUT2D eigenvalue weighted by Crippen LogP contribution is 2.16. The molecule has 0 spiro atoms. The van der Waals surface area contributed by atoms with Crippen molar-refractivity contribution in [3.63, 3.8) is 0 Å². The maximum absolute atomic E-state index is 2.45. The molecule has 28 heavy (non-hydrogen) atoms. The van der Waals surface area contributed by atoms with E-state index in [4.69, 9.17) is 0 Å². The van der Waals surface area contributed by atoms with Crippen LogP contribution in [-0.4, -0.2) is 8.80 Å². The van der Waals surface area contributed by atoms with Crippen molar-refractivity contribution in [2.45, 2.75) is 59.3 Å². The molecule has 1 radical (unpaired) electrons. The zero-order valence-corrected chi connectivity index (χ0v) is 19.2. The molecule has 0 unspecified atom stereocenters. The molecule has 0 bridgehead atoms. The number of rotatable bonds is 6. The lowest BCUT2D eigenvalue weighted by Gasteiger charge is -2.21. The van der Waals surface area contributed by atoms with Gasteiger partial charge in [-0.25, -0.2) is 0 Å². The summed E-state index contributed by atoms with van der Waals surface area (Å²) >= 11 is 0.